The first-order chi connectivity index (χ1) is 11.0. The zero-order valence-corrected chi connectivity index (χ0v) is 13.1. The smallest absolute Gasteiger partial charge is 0.290 e. The molecule has 2 heterocycles. The lowest BCUT2D eigenvalue weighted by Gasteiger charge is -2.24. The van der Waals surface area contributed by atoms with E-state index in [2.05, 4.69) is 0 Å². The maximum absolute atomic E-state index is 14.0. The first kappa shape index (κ1) is 16.0. The lowest BCUT2D eigenvalue weighted by Crippen LogP contribution is -2.32. The van der Waals surface area contributed by atoms with Crippen molar-refractivity contribution in [3.63, 3.8) is 0 Å². The number of hydrogen-bond acceptors (Lipinski definition) is 4. The Morgan fingerprint density at radius 1 is 1.35 bits per heavy atom. The van der Waals surface area contributed by atoms with Gasteiger partial charge in [0.15, 0.2) is 10.9 Å². The molecule has 23 heavy (non-hydrogen) atoms. The fourth-order valence-electron chi connectivity index (χ4n) is 2.79. The van der Waals surface area contributed by atoms with Crippen LogP contribution in [0.5, 0.6) is 0 Å². The molecule has 1 fully saturated rings. The van der Waals surface area contributed by atoms with E-state index in [1.54, 1.807) is 6.07 Å². The van der Waals surface area contributed by atoms with Gasteiger partial charge in [0.05, 0.1) is 12.1 Å². The molecule has 7 heteroatoms. The Labute approximate surface area is 136 Å². The first-order valence-corrected chi connectivity index (χ1v) is 8.30. The molecule has 4 nitrogen and oxygen atoms in total. The number of β-amino-alcohol motifs (C(OH)–C–C–N with tert-alkyl or cyclic N) is 1. The summed E-state index contributed by atoms with van der Waals surface area (Å²) in [5.74, 6) is -1.52. The number of likely N-dealkylation sites (tertiary alicyclic amines) is 1. The average molecular weight is 339 g/mol. The Morgan fingerprint density at radius 3 is 2.83 bits per heavy atom. The van der Waals surface area contributed by atoms with Gasteiger partial charge in [0.25, 0.3) is 5.91 Å². The Bertz CT molecular complexity index is 734. The molecule has 1 aromatic carbocycles. The van der Waals surface area contributed by atoms with Crippen molar-refractivity contribution in [3.05, 3.63) is 53.3 Å². The van der Waals surface area contributed by atoms with E-state index in [1.807, 2.05) is 6.26 Å². The van der Waals surface area contributed by atoms with Crippen molar-refractivity contribution in [2.45, 2.75) is 23.7 Å². The number of aliphatic hydroxyl groups is 1. The highest BCUT2D eigenvalue weighted by molar-refractivity contribution is 7.98. The van der Waals surface area contributed by atoms with Crippen LogP contribution in [0.4, 0.5) is 8.78 Å². The molecule has 2 atom stereocenters. The second-order valence-electron chi connectivity index (χ2n) is 5.35. The zero-order valence-electron chi connectivity index (χ0n) is 12.3. The van der Waals surface area contributed by atoms with E-state index in [9.17, 15) is 18.7 Å². The van der Waals surface area contributed by atoms with Crippen LogP contribution in [-0.2, 0) is 0 Å². The van der Waals surface area contributed by atoms with Gasteiger partial charge >= 0.3 is 0 Å². The minimum atomic E-state index is -0.790. The Morgan fingerprint density at radius 2 is 2.13 bits per heavy atom. The van der Waals surface area contributed by atoms with Gasteiger partial charge in [-0.1, -0.05) is 11.8 Å². The van der Waals surface area contributed by atoms with Crippen molar-refractivity contribution in [1.82, 2.24) is 4.90 Å². The maximum atomic E-state index is 14.0. The first-order valence-electron chi connectivity index (χ1n) is 7.07. The van der Waals surface area contributed by atoms with Gasteiger partial charge < -0.3 is 14.4 Å². The molecule has 3 rings (SSSR count). The van der Waals surface area contributed by atoms with Gasteiger partial charge in [-0.15, -0.1) is 0 Å². The summed E-state index contributed by atoms with van der Waals surface area (Å²) < 4.78 is 32.9. The summed E-state index contributed by atoms with van der Waals surface area (Å²) in [7, 11) is 0. The minimum Gasteiger partial charge on any atom is -0.445 e. The van der Waals surface area contributed by atoms with Crippen LogP contribution in [0.2, 0.25) is 0 Å². The molecular weight excluding hydrogens is 324 g/mol. The van der Waals surface area contributed by atoms with E-state index >= 15 is 0 Å². The largest absolute Gasteiger partial charge is 0.445 e. The van der Waals surface area contributed by atoms with Gasteiger partial charge in [0.2, 0.25) is 0 Å². The van der Waals surface area contributed by atoms with Crippen LogP contribution in [0.25, 0.3) is 0 Å². The third-order valence-electron chi connectivity index (χ3n) is 3.85. The molecule has 0 saturated carbocycles. The highest BCUT2D eigenvalue weighted by atomic mass is 32.2. The number of benzene rings is 1. The van der Waals surface area contributed by atoms with Crippen molar-refractivity contribution in [3.8, 4) is 0 Å². The SMILES string of the molecule is CSc1ccc(C(=O)N2CC(O)CC2c2cc(F)ccc2F)o1. The highest BCUT2D eigenvalue weighted by Gasteiger charge is 2.38. The van der Waals surface area contributed by atoms with Crippen molar-refractivity contribution in [2.24, 2.45) is 0 Å². The maximum Gasteiger partial charge on any atom is 0.290 e. The van der Waals surface area contributed by atoms with Crippen molar-refractivity contribution >= 4 is 17.7 Å². The standard InChI is InChI=1S/C16H15F2NO3S/c1-23-15-5-4-14(22-15)16(21)19-8-10(20)7-13(19)11-6-9(17)2-3-12(11)18/h2-6,10,13,20H,7-8H2,1H3. The van der Waals surface area contributed by atoms with Crippen LogP contribution in [-0.4, -0.2) is 34.8 Å². The summed E-state index contributed by atoms with van der Waals surface area (Å²) in [5.41, 5.74) is 0.0616. The lowest BCUT2D eigenvalue weighted by molar-refractivity contribution is 0.0676. The summed E-state index contributed by atoms with van der Waals surface area (Å²) in [4.78, 5) is 13.9. The molecule has 2 unspecified atom stereocenters. The molecule has 0 radical (unpaired) electrons. The van der Waals surface area contributed by atoms with Crippen LogP contribution < -0.4 is 0 Å². The summed E-state index contributed by atoms with van der Waals surface area (Å²) in [5, 5.41) is 10.5. The number of carbonyl (C=O) groups is 1. The second-order valence-corrected chi connectivity index (χ2v) is 6.16. The van der Waals surface area contributed by atoms with Crippen molar-refractivity contribution < 1.29 is 23.1 Å². The van der Waals surface area contributed by atoms with Gasteiger partial charge in [-0.2, -0.15) is 0 Å². The fourth-order valence-corrected chi connectivity index (χ4v) is 3.17. The van der Waals surface area contributed by atoms with Crippen molar-refractivity contribution in [2.75, 3.05) is 12.8 Å². The Balaban J connectivity index is 1.93. The van der Waals surface area contributed by atoms with Crippen LogP contribution in [0, 0.1) is 11.6 Å². The molecule has 1 aliphatic rings. The number of carbonyl (C=O) groups excluding carboxylic acids is 1. The predicted molar refractivity (Wildman–Crippen MR) is 81.2 cm³/mol. The quantitative estimate of drug-likeness (QED) is 0.873. The van der Waals surface area contributed by atoms with E-state index in [0.717, 1.165) is 18.2 Å². The molecule has 1 saturated heterocycles. The number of hydrogen-bond donors (Lipinski definition) is 1. The summed E-state index contributed by atoms with van der Waals surface area (Å²) >= 11 is 1.36. The molecule has 122 valence electrons. The van der Waals surface area contributed by atoms with Gasteiger partial charge in [-0.25, -0.2) is 8.78 Å². The van der Waals surface area contributed by atoms with Crippen LogP contribution in [0.1, 0.15) is 28.6 Å². The topological polar surface area (TPSA) is 53.7 Å². The van der Waals surface area contributed by atoms with Gasteiger partial charge in [0, 0.05) is 12.1 Å². The number of thioether (sulfide) groups is 1. The third-order valence-corrected chi connectivity index (χ3v) is 4.47. The molecule has 0 bridgehead atoms. The fraction of sp³-hybridized carbons (Fsp3) is 0.312. The summed E-state index contributed by atoms with van der Waals surface area (Å²) in [6.45, 7) is 0.0504. The minimum absolute atomic E-state index is 0.0504. The average Bonchev–Trinajstić information content (AvgIpc) is 3.15. The van der Waals surface area contributed by atoms with E-state index in [-0.39, 0.29) is 24.3 Å². The van der Waals surface area contributed by atoms with Crippen LogP contribution in [0.3, 0.4) is 0 Å². The monoisotopic (exact) mass is 339 g/mol. The number of aliphatic hydroxyl groups excluding tert-OH is 1. The molecule has 1 amide bonds. The molecule has 0 spiro atoms. The Hall–Kier alpha value is -1.86. The number of amides is 1. The summed E-state index contributed by atoms with van der Waals surface area (Å²) in [6.07, 6.45) is 1.18. The van der Waals surface area contributed by atoms with Crippen LogP contribution in [0.15, 0.2) is 39.8 Å². The molecule has 2 aromatic rings. The molecule has 0 aliphatic carbocycles. The Kier molecular flexibility index (Phi) is 4.41. The summed E-state index contributed by atoms with van der Waals surface area (Å²) in [6, 6.07) is 5.59. The zero-order chi connectivity index (χ0) is 16.6. The number of rotatable bonds is 3. The van der Waals surface area contributed by atoms with E-state index in [1.165, 1.54) is 22.7 Å². The molecule has 1 aliphatic heterocycles. The molecule has 1 N–H and O–H groups in total. The van der Waals surface area contributed by atoms with E-state index in [0.29, 0.717) is 5.09 Å². The van der Waals surface area contributed by atoms with Crippen molar-refractivity contribution in [1.29, 1.82) is 0 Å². The second kappa shape index (κ2) is 6.33. The number of halogens is 2. The van der Waals surface area contributed by atoms with Gasteiger partial charge in [-0.3, -0.25) is 4.79 Å². The third kappa shape index (κ3) is 3.11. The normalized spacial score (nSPS) is 21.0. The van der Waals surface area contributed by atoms with Gasteiger partial charge in [0.1, 0.15) is 11.6 Å². The number of furan rings is 1. The molecule has 1 aromatic heterocycles. The predicted octanol–water partition coefficient (Wildman–Crippen LogP) is 3.23. The van der Waals surface area contributed by atoms with Gasteiger partial charge in [-0.05, 0) is 43.0 Å². The van der Waals surface area contributed by atoms with E-state index < -0.39 is 29.7 Å². The lowest BCUT2D eigenvalue weighted by atomic mass is 10.0. The number of nitrogens with zero attached hydrogens (tertiary/aromatic N) is 1. The molecular formula is C16H15F2NO3S. The van der Waals surface area contributed by atoms with E-state index in [4.69, 9.17) is 4.42 Å². The van der Waals surface area contributed by atoms with Crippen LogP contribution >= 0.6 is 11.8 Å². The highest BCUT2D eigenvalue weighted by Crippen LogP contribution is 2.35.